The second kappa shape index (κ2) is 10.3. The number of nitrogens with zero attached hydrogens (tertiary/aromatic N) is 5. The Labute approximate surface area is 206 Å². The van der Waals surface area contributed by atoms with Crippen molar-refractivity contribution in [3.8, 4) is 11.3 Å². The number of amides is 2. The average molecular weight is 476 g/mol. The zero-order valence-corrected chi connectivity index (χ0v) is 21.1. The Hall–Kier alpha value is -3.72. The van der Waals surface area contributed by atoms with Crippen molar-refractivity contribution in [2.45, 2.75) is 26.8 Å². The topological polar surface area (TPSA) is 95.4 Å². The number of hydrogen-bond donors (Lipinski definition) is 2. The van der Waals surface area contributed by atoms with Crippen molar-refractivity contribution in [2.24, 2.45) is 0 Å². The molecule has 9 heteroatoms. The van der Waals surface area contributed by atoms with E-state index >= 15 is 0 Å². The van der Waals surface area contributed by atoms with Crippen LogP contribution in [0.1, 0.15) is 27.3 Å². The summed E-state index contributed by atoms with van der Waals surface area (Å²) < 4.78 is 2.06. The number of anilines is 2. The van der Waals surface area contributed by atoms with Gasteiger partial charge in [-0.25, -0.2) is 9.97 Å². The van der Waals surface area contributed by atoms with Gasteiger partial charge in [0.15, 0.2) is 0 Å². The smallest absolute Gasteiger partial charge is 0.268 e. The summed E-state index contributed by atoms with van der Waals surface area (Å²) in [6.45, 7) is 6.83. The first-order valence-corrected chi connectivity index (χ1v) is 11.8. The Morgan fingerprint density at radius 1 is 1.14 bits per heavy atom. The third-order valence-corrected chi connectivity index (χ3v) is 6.43. The monoisotopic (exact) mass is 475 g/mol. The first kappa shape index (κ1) is 24.4. The normalized spacial score (nSPS) is 12.9. The lowest BCUT2D eigenvalue weighted by Gasteiger charge is -2.20. The molecule has 0 saturated carbocycles. The highest BCUT2D eigenvalue weighted by atomic mass is 16.2. The summed E-state index contributed by atoms with van der Waals surface area (Å²) in [4.78, 5) is 38.2. The predicted octanol–water partition coefficient (Wildman–Crippen LogP) is 2.61. The van der Waals surface area contributed by atoms with Gasteiger partial charge in [-0.2, -0.15) is 0 Å². The molecule has 1 aromatic carbocycles. The molecule has 3 aromatic rings. The molecule has 2 N–H and O–H groups in total. The number of rotatable bonds is 8. The molecule has 0 bridgehead atoms. The minimum Gasteiger partial charge on any atom is -0.349 e. The Morgan fingerprint density at radius 3 is 2.66 bits per heavy atom. The van der Waals surface area contributed by atoms with E-state index in [2.05, 4.69) is 25.1 Å². The van der Waals surface area contributed by atoms with Crippen molar-refractivity contribution >= 4 is 23.5 Å². The molecular formula is C26H33N7O2. The van der Waals surface area contributed by atoms with Gasteiger partial charge in [0.05, 0.1) is 12.1 Å². The van der Waals surface area contributed by atoms with Crippen LogP contribution in [0, 0.1) is 13.8 Å². The number of hydrogen-bond acceptors (Lipinski definition) is 6. The Bertz CT molecular complexity index is 1250. The van der Waals surface area contributed by atoms with Crippen LogP contribution in [0.15, 0.2) is 36.5 Å². The molecule has 0 radical (unpaired) electrons. The average Bonchev–Trinajstić information content (AvgIpc) is 3.09. The van der Waals surface area contributed by atoms with Crippen molar-refractivity contribution in [2.75, 3.05) is 46.1 Å². The van der Waals surface area contributed by atoms with Crippen LogP contribution in [0.5, 0.6) is 0 Å². The van der Waals surface area contributed by atoms with Gasteiger partial charge in [0.25, 0.3) is 5.91 Å². The number of fused-ring (bicyclic) bond motifs is 1. The van der Waals surface area contributed by atoms with Crippen LogP contribution in [-0.2, 0) is 17.8 Å². The fourth-order valence-electron chi connectivity index (χ4n) is 4.46. The highest BCUT2D eigenvalue weighted by Crippen LogP contribution is 2.32. The van der Waals surface area contributed by atoms with Gasteiger partial charge < -0.3 is 25.0 Å². The third-order valence-electron chi connectivity index (χ3n) is 6.43. The van der Waals surface area contributed by atoms with Crippen LogP contribution >= 0.6 is 0 Å². The van der Waals surface area contributed by atoms with Gasteiger partial charge in [-0.05, 0) is 51.2 Å². The molecule has 0 atom stereocenters. The number of carbonyl (C=O) groups excluding carboxylic acids is 2. The van der Waals surface area contributed by atoms with E-state index in [1.807, 2.05) is 65.3 Å². The van der Waals surface area contributed by atoms with Crippen LogP contribution in [0.3, 0.4) is 0 Å². The van der Waals surface area contributed by atoms with E-state index in [1.165, 1.54) is 0 Å². The molecule has 184 valence electrons. The van der Waals surface area contributed by atoms with E-state index in [9.17, 15) is 9.59 Å². The lowest BCUT2D eigenvalue weighted by Crippen LogP contribution is -2.35. The van der Waals surface area contributed by atoms with E-state index in [-0.39, 0.29) is 18.2 Å². The fourth-order valence-corrected chi connectivity index (χ4v) is 4.46. The molecule has 2 aromatic heterocycles. The van der Waals surface area contributed by atoms with Gasteiger partial charge >= 0.3 is 0 Å². The largest absolute Gasteiger partial charge is 0.349 e. The van der Waals surface area contributed by atoms with Gasteiger partial charge in [0.2, 0.25) is 11.9 Å². The molecule has 1 aliphatic heterocycles. The maximum Gasteiger partial charge on any atom is 0.268 e. The minimum absolute atomic E-state index is 0.0513. The number of para-hydroxylation sites is 1. The Morgan fingerprint density at radius 2 is 1.91 bits per heavy atom. The first-order valence-electron chi connectivity index (χ1n) is 11.8. The zero-order chi connectivity index (χ0) is 25.1. The molecule has 35 heavy (non-hydrogen) atoms. The SMILES string of the molecule is Cc1c(-c2ccnc(Nc3ccccc3CC(=O)N(C)CCN(C)C)n2)c(C)n2c1C(=O)NCC2. The number of benzene rings is 1. The summed E-state index contributed by atoms with van der Waals surface area (Å²) in [6.07, 6.45) is 2.00. The molecule has 9 nitrogen and oxygen atoms in total. The number of nitrogens with one attached hydrogen (secondary N) is 2. The molecule has 1 aliphatic rings. The van der Waals surface area contributed by atoms with Gasteiger partial charge in [-0.1, -0.05) is 18.2 Å². The highest BCUT2D eigenvalue weighted by molar-refractivity contribution is 5.97. The maximum absolute atomic E-state index is 12.8. The van der Waals surface area contributed by atoms with E-state index in [4.69, 9.17) is 4.98 Å². The first-order chi connectivity index (χ1) is 16.8. The highest BCUT2D eigenvalue weighted by Gasteiger charge is 2.26. The van der Waals surface area contributed by atoms with Crippen LogP contribution in [-0.4, -0.2) is 76.9 Å². The van der Waals surface area contributed by atoms with E-state index in [0.717, 1.165) is 46.9 Å². The third kappa shape index (κ3) is 5.19. The second-order valence-electron chi connectivity index (χ2n) is 9.18. The molecule has 4 rings (SSSR count). The standard InChI is InChI=1S/C26H33N7O2/c1-17-23(18(2)33-13-12-27-25(35)24(17)33)21-10-11-28-26(30-21)29-20-9-7-6-8-19(20)16-22(34)32(5)15-14-31(3)4/h6-11H,12-16H2,1-5H3,(H,27,35)(H,28,29,30). The van der Waals surface area contributed by atoms with Crippen molar-refractivity contribution < 1.29 is 9.59 Å². The molecule has 0 saturated heterocycles. The summed E-state index contributed by atoms with van der Waals surface area (Å²) in [6, 6.07) is 9.58. The van der Waals surface area contributed by atoms with Gasteiger partial charge in [-0.3, -0.25) is 9.59 Å². The van der Waals surface area contributed by atoms with Gasteiger partial charge in [0.1, 0.15) is 5.69 Å². The summed E-state index contributed by atoms with van der Waals surface area (Å²) in [5, 5.41) is 6.22. The van der Waals surface area contributed by atoms with E-state index in [0.29, 0.717) is 24.7 Å². The quantitative estimate of drug-likeness (QED) is 0.520. The molecule has 3 heterocycles. The molecule has 0 unspecified atom stereocenters. The second-order valence-corrected chi connectivity index (χ2v) is 9.18. The van der Waals surface area contributed by atoms with Crippen molar-refractivity contribution in [3.63, 3.8) is 0 Å². The van der Waals surface area contributed by atoms with E-state index in [1.54, 1.807) is 11.1 Å². The molecule has 0 spiro atoms. The van der Waals surface area contributed by atoms with Gasteiger partial charge in [0, 0.05) is 56.4 Å². The van der Waals surface area contributed by atoms with Crippen LogP contribution < -0.4 is 10.6 Å². The summed E-state index contributed by atoms with van der Waals surface area (Å²) >= 11 is 0. The lowest BCUT2D eigenvalue weighted by atomic mass is 10.1. The van der Waals surface area contributed by atoms with Crippen LogP contribution in [0.2, 0.25) is 0 Å². The summed E-state index contributed by atoms with van der Waals surface area (Å²) in [5.41, 5.74) is 6.01. The van der Waals surface area contributed by atoms with Crippen molar-refractivity contribution in [1.29, 1.82) is 0 Å². The lowest BCUT2D eigenvalue weighted by molar-refractivity contribution is -0.129. The van der Waals surface area contributed by atoms with Crippen LogP contribution in [0.4, 0.5) is 11.6 Å². The van der Waals surface area contributed by atoms with Gasteiger partial charge in [-0.15, -0.1) is 0 Å². The van der Waals surface area contributed by atoms with Crippen molar-refractivity contribution in [3.05, 3.63) is 59.0 Å². The van der Waals surface area contributed by atoms with Crippen molar-refractivity contribution in [1.82, 2.24) is 29.7 Å². The summed E-state index contributed by atoms with van der Waals surface area (Å²) in [5.74, 6) is 0.445. The minimum atomic E-state index is -0.0513. The summed E-state index contributed by atoms with van der Waals surface area (Å²) in [7, 11) is 5.82. The Kier molecular flexibility index (Phi) is 7.16. The maximum atomic E-state index is 12.8. The molecule has 0 fully saturated rings. The number of aromatic nitrogens is 3. The predicted molar refractivity (Wildman–Crippen MR) is 137 cm³/mol. The van der Waals surface area contributed by atoms with Crippen LogP contribution in [0.25, 0.3) is 11.3 Å². The Balaban J connectivity index is 1.57. The fraction of sp³-hybridized carbons (Fsp3) is 0.385. The molecular weight excluding hydrogens is 442 g/mol. The van der Waals surface area contributed by atoms with E-state index < -0.39 is 0 Å². The molecule has 0 aliphatic carbocycles. The number of carbonyl (C=O) groups is 2. The zero-order valence-electron chi connectivity index (χ0n) is 21.1. The number of likely N-dealkylation sites (N-methyl/N-ethyl adjacent to an activating group) is 2. The molecule has 2 amide bonds.